The van der Waals surface area contributed by atoms with Crippen LogP contribution in [0.1, 0.15) is 38.6 Å². The fraction of sp³-hybridized carbons (Fsp3) is 0.412. The summed E-state index contributed by atoms with van der Waals surface area (Å²) in [7, 11) is 0. The largest absolute Gasteiger partial charge is 0.352 e. The van der Waals surface area contributed by atoms with Gasteiger partial charge in [-0.2, -0.15) is 0 Å². The van der Waals surface area contributed by atoms with Crippen LogP contribution in [0.15, 0.2) is 24.3 Å². The maximum absolute atomic E-state index is 12.4. The number of aromatic nitrogens is 2. The molecule has 6 nitrogen and oxygen atoms in total. The maximum atomic E-state index is 12.4. The van der Waals surface area contributed by atoms with Crippen molar-refractivity contribution in [1.29, 1.82) is 0 Å². The van der Waals surface area contributed by atoms with Crippen molar-refractivity contribution in [1.82, 2.24) is 19.8 Å². The van der Waals surface area contributed by atoms with Crippen molar-refractivity contribution >= 4 is 34.9 Å². The van der Waals surface area contributed by atoms with Crippen LogP contribution in [-0.2, 0) is 0 Å². The third kappa shape index (κ3) is 4.16. The molecule has 0 saturated carbocycles. The van der Waals surface area contributed by atoms with Crippen molar-refractivity contribution in [2.75, 3.05) is 19.6 Å². The molecule has 8 heteroatoms. The summed E-state index contributed by atoms with van der Waals surface area (Å²) in [5.41, 5.74) is 1.18. The number of nitrogens with zero attached hydrogens (tertiary/aromatic N) is 3. The Labute approximate surface area is 155 Å². The van der Waals surface area contributed by atoms with Gasteiger partial charge in [-0.15, -0.1) is 5.10 Å². The summed E-state index contributed by atoms with van der Waals surface area (Å²) in [4.78, 5) is 27.1. The zero-order valence-corrected chi connectivity index (χ0v) is 15.4. The predicted octanol–water partition coefficient (Wildman–Crippen LogP) is 2.78. The van der Waals surface area contributed by atoms with E-state index in [9.17, 15) is 9.59 Å². The molecule has 2 amide bonds. The Hall–Kier alpha value is -1.99. The minimum atomic E-state index is -0.157. The van der Waals surface area contributed by atoms with Crippen molar-refractivity contribution in [3.8, 4) is 0 Å². The Bertz CT molecular complexity index is 772. The molecule has 0 aliphatic carbocycles. The van der Waals surface area contributed by atoms with E-state index in [1.807, 2.05) is 4.90 Å². The molecule has 2 aromatic rings. The van der Waals surface area contributed by atoms with E-state index in [0.29, 0.717) is 46.7 Å². The van der Waals surface area contributed by atoms with Gasteiger partial charge in [0, 0.05) is 19.6 Å². The average molecular weight is 379 g/mol. The fourth-order valence-electron chi connectivity index (χ4n) is 2.89. The standard InChI is InChI=1S/C17H19ClN4O2S/c1-11-15(25-21-20-11)17(24)22-8-6-12(7-9-22)10-19-16(23)13-4-2-3-5-14(13)18/h2-5,12H,6-10H2,1H3,(H,19,23). The molecule has 132 valence electrons. The van der Waals surface area contributed by atoms with Crippen LogP contribution < -0.4 is 5.32 Å². The van der Waals surface area contributed by atoms with Gasteiger partial charge < -0.3 is 10.2 Å². The number of carbonyl (C=O) groups excluding carboxylic acids is 2. The van der Waals surface area contributed by atoms with E-state index in [1.54, 1.807) is 31.2 Å². The molecule has 1 aliphatic rings. The Morgan fingerprint density at radius 3 is 2.68 bits per heavy atom. The first kappa shape index (κ1) is 17.8. The van der Waals surface area contributed by atoms with Crippen molar-refractivity contribution < 1.29 is 9.59 Å². The lowest BCUT2D eigenvalue weighted by Gasteiger charge is -2.31. The molecule has 1 aliphatic heterocycles. The molecule has 0 spiro atoms. The number of carbonyl (C=O) groups is 2. The number of nitrogens with one attached hydrogen (secondary N) is 1. The predicted molar refractivity (Wildman–Crippen MR) is 97.1 cm³/mol. The van der Waals surface area contributed by atoms with Crippen LogP contribution in [0.4, 0.5) is 0 Å². The summed E-state index contributed by atoms with van der Waals surface area (Å²) in [6.07, 6.45) is 1.72. The molecular weight excluding hydrogens is 360 g/mol. The third-order valence-electron chi connectivity index (χ3n) is 4.42. The lowest BCUT2D eigenvalue weighted by atomic mass is 9.96. The molecule has 1 N–H and O–H groups in total. The number of piperidine rings is 1. The Morgan fingerprint density at radius 1 is 1.32 bits per heavy atom. The summed E-state index contributed by atoms with van der Waals surface area (Å²) in [5, 5.41) is 7.29. The molecule has 1 fully saturated rings. The van der Waals surface area contributed by atoms with Gasteiger partial charge in [-0.1, -0.05) is 28.2 Å². The second-order valence-corrected chi connectivity index (χ2v) is 7.27. The van der Waals surface area contributed by atoms with E-state index in [-0.39, 0.29) is 11.8 Å². The van der Waals surface area contributed by atoms with Crippen LogP contribution in [0.25, 0.3) is 0 Å². The van der Waals surface area contributed by atoms with Crippen molar-refractivity contribution in [2.24, 2.45) is 5.92 Å². The monoisotopic (exact) mass is 378 g/mol. The minimum Gasteiger partial charge on any atom is -0.352 e. The first-order valence-corrected chi connectivity index (χ1v) is 9.32. The van der Waals surface area contributed by atoms with E-state index in [0.717, 1.165) is 24.4 Å². The van der Waals surface area contributed by atoms with E-state index in [4.69, 9.17) is 11.6 Å². The van der Waals surface area contributed by atoms with E-state index < -0.39 is 0 Å². The number of hydrogen-bond acceptors (Lipinski definition) is 5. The van der Waals surface area contributed by atoms with E-state index >= 15 is 0 Å². The summed E-state index contributed by atoms with van der Waals surface area (Å²) < 4.78 is 3.82. The quantitative estimate of drug-likeness (QED) is 0.887. The number of amides is 2. The van der Waals surface area contributed by atoms with Gasteiger partial charge in [0.25, 0.3) is 11.8 Å². The topological polar surface area (TPSA) is 75.2 Å². The molecule has 1 aromatic heterocycles. The maximum Gasteiger partial charge on any atom is 0.267 e. The highest BCUT2D eigenvalue weighted by atomic mass is 35.5. The van der Waals surface area contributed by atoms with Gasteiger partial charge in [0.15, 0.2) is 0 Å². The highest BCUT2D eigenvalue weighted by molar-refractivity contribution is 7.07. The number of benzene rings is 1. The van der Waals surface area contributed by atoms with Crippen molar-refractivity contribution in [3.05, 3.63) is 45.4 Å². The molecule has 2 heterocycles. The molecule has 1 aromatic carbocycles. The Kier molecular flexibility index (Phi) is 5.65. The zero-order valence-electron chi connectivity index (χ0n) is 13.9. The van der Waals surface area contributed by atoms with Crippen LogP contribution in [0.3, 0.4) is 0 Å². The summed E-state index contributed by atoms with van der Waals surface area (Å²) in [5.74, 6) is 0.206. The van der Waals surface area contributed by atoms with E-state index in [2.05, 4.69) is 14.9 Å². The fourth-order valence-corrected chi connectivity index (χ4v) is 3.74. The van der Waals surface area contributed by atoms with Crippen molar-refractivity contribution in [3.63, 3.8) is 0 Å². The molecule has 0 atom stereocenters. The molecule has 25 heavy (non-hydrogen) atoms. The molecule has 0 unspecified atom stereocenters. The first-order chi connectivity index (χ1) is 12.1. The highest BCUT2D eigenvalue weighted by Gasteiger charge is 2.26. The van der Waals surface area contributed by atoms with E-state index in [1.165, 1.54) is 0 Å². The number of aryl methyl sites for hydroxylation is 1. The number of rotatable bonds is 4. The van der Waals surface area contributed by atoms with Crippen LogP contribution in [0, 0.1) is 12.8 Å². The molecule has 3 rings (SSSR count). The number of halogens is 1. The normalized spacial score (nSPS) is 15.2. The van der Waals surface area contributed by atoms with Gasteiger partial charge in [0.05, 0.1) is 16.3 Å². The second kappa shape index (κ2) is 7.93. The minimum absolute atomic E-state index is 0.00560. The summed E-state index contributed by atoms with van der Waals surface area (Å²) in [6.45, 7) is 3.76. The van der Waals surface area contributed by atoms with Gasteiger partial charge in [-0.05, 0) is 49.3 Å². The Morgan fingerprint density at radius 2 is 2.04 bits per heavy atom. The van der Waals surface area contributed by atoms with Gasteiger partial charge in [-0.3, -0.25) is 9.59 Å². The van der Waals surface area contributed by atoms with Crippen LogP contribution in [0.2, 0.25) is 5.02 Å². The second-order valence-electron chi connectivity index (χ2n) is 6.11. The van der Waals surface area contributed by atoms with Gasteiger partial charge in [0.2, 0.25) is 0 Å². The number of likely N-dealkylation sites (tertiary alicyclic amines) is 1. The number of hydrogen-bond donors (Lipinski definition) is 1. The van der Waals surface area contributed by atoms with Gasteiger partial charge >= 0.3 is 0 Å². The van der Waals surface area contributed by atoms with Crippen LogP contribution >= 0.6 is 23.1 Å². The summed E-state index contributed by atoms with van der Waals surface area (Å²) in [6, 6.07) is 7.01. The SMILES string of the molecule is Cc1nnsc1C(=O)N1CCC(CNC(=O)c2ccccc2Cl)CC1. The first-order valence-electron chi connectivity index (χ1n) is 8.17. The molecule has 0 bridgehead atoms. The van der Waals surface area contributed by atoms with Crippen molar-refractivity contribution in [2.45, 2.75) is 19.8 Å². The lowest BCUT2D eigenvalue weighted by molar-refractivity contribution is 0.0688. The Balaban J connectivity index is 1.48. The molecule has 0 radical (unpaired) electrons. The van der Waals surface area contributed by atoms with Gasteiger partial charge in [-0.25, -0.2) is 0 Å². The smallest absolute Gasteiger partial charge is 0.267 e. The molecular formula is C17H19ClN4O2S. The van der Waals surface area contributed by atoms with Crippen LogP contribution in [0.5, 0.6) is 0 Å². The zero-order chi connectivity index (χ0) is 17.8. The lowest BCUT2D eigenvalue weighted by Crippen LogP contribution is -2.41. The van der Waals surface area contributed by atoms with Gasteiger partial charge in [0.1, 0.15) is 4.88 Å². The third-order valence-corrected chi connectivity index (χ3v) is 5.56. The summed E-state index contributed by atoms with van der Waals surface area (Å²) >= 11 is 7.19. The molecule has 1 saturated heterocycles. The van der Waals surface area contributed by atoms with Crippen LogP contribution in [-0.4, -0.2) is 45.9 Å². The highest BCUT2D eigenvalue weighted by Crippen LogP contribution is 2.21. The average Bonchev–Trinajstić information content (AvgIpc) is 3.06.